The Labute approximate surface area is 111 Å². The van der Waals surface area contributed by atoms with Crippen LogP contribution in [-0.4, -0.2) is 22.7 Å². The average molecular weight is 256 g/mol. The summed E-state index contributed by atoms with van der Waals surface area (Å²) in [6.07, 6.45) is 7.60. The maximum Gasteiger partial charge on any atom is 0.0571 e. The number of rotatable bonds is 3. The molecule has 0 aromatic rings. The van der Waals surface area contributed by atoms with Crippen molar-refractivity contribution in [3.8, 4) is 0 Å². The predicted octanol–water partition coefficient (Wildman–Crippen LogP) is 3.95. The van der Waals surface area contributed by atoms with Gasteiger partial charge in [0.15, 0.2) is 0 Å². The second-order valence-electron chi connectivity index (χ2n) is 6.54. The molecule has 100 valence electrons. The standard InChI is InChI=1S/C15H28OS/c1-11-7-12(2)9-14(8-11)15(16)10-13-3-5-17-6-4-13/h11-16H,3-10H2,1-2H3. The molecule has 2 fully saturated rings. The van der Waals surface area contributed by atoms with Crippen LogP contribution in [0.1, 0.15) is 52.4 Å². The van der Waals surface area contributed by atoms with Gasteiger partial charge in [0, 0.05) is 0 Å². The molecule has 2 heteroatoms. The second kappa shape index (κ2) is 6.47. The number of aliphatic hydroxyl groups is 1. The first-order chi connectivity index (χ1) is 8.15. The van der Waals surface area contributed by atoms with E-state index in [1.165, 1.54) is 43.6 Å². The monoisotopic (exact) mass is 256 g/mol. The Hall–Kier alpha value is 0.310. The van der Waals surface area contributed by atoms with Gasteiger partial charge in [-0.3, -0.25) is 0 Å². The third-order valence-electron chi connectivity index (χ3n) is 4.67. The molecule has 0 amide bonds. The van der Waals surface area contributed by atoms with Gasteiger partial charge in [-0.1, -0.05) is 13.8 Å². The number of thioether (sulfide) groups is 1. The van der Waals surface area contributed by atoms with E-state index in [-0.39, 0.29) is 6.10 Å². The lowest BCUT2D eigenvalue weighted by atomic mass is 9.73. The first-order valence-electron chi connectivity index (χ1n) is 7.41. The zero-order valence-corrected chi connectivity index (χ0v) is 12.2. The van der Waals surface area contributed by atoms with E-state index in [1.807, 2.05) is 0 Å². The Balaban J connectivity index is 1.79. The maximum absolute atomic E-state index is 10.5. The van der Waals surface area contributed by atoms with Crippen LogP contribution >= 0.6 is 11.8 Å². The molecule has 3 unspecified atom stereocenters. The fraction of sp³-hybridized carbons (Fsp3) is 1.00. The highest BCUT2D eigenvalue weighted by Gasteiger charge is 2.30. The molecule has 1 aliphatic heterocycles. The second-order valence-corrected chi connectivity index (χ2v) is 7.76. The highest BCUT2D eigenvalue weighted by Crippen LogP contribution is 2.37. The summed E-state index contributed by atoms with van der Waals surface area (Å²) in [6.45, 7) is 4.71. The highest BCUT2D eigenvalue weighted by molar-refractivity contribution is 7.99. The summed E-state index contributed by atoms with van der Waals surface area (Å²) in [5, 5.41) is 10.5. The van der Waals surface area contributed by atoms with E-state index in [2.05, 4.69) is 25.6 Å². The van der Waals surface area contributed by atoms with Crippen LogP contribution in [0.2, 0.25) is 0 Å². The molecule has 0 aromatic carbocycles. The molecule has 1 saturated carbocycles. The van der Waals surface area contributed by atoms with Gasteiger partial charge in [0.25, 0.3) is 0 Å². The SMILES string of the molecule is CC1CC(C)CC(C(O)CC2CCSCC2)C1. The van der Waals surface area contributed by atoms with Crippen molar-refractivity contribution in [2.24, 2.45) is 23.7 Å². The van der Waals surface area contributed by atoms with Gasteiger partial charge >= 0.3 is 0 Å². The summed E-state index contributed by atoms with van der Waals surface area (Å²) in [5.41, 5.74) is 0. The van der Waals surface area contributed by atoms with Gasteiger partial charge in [-0.15, -0.1) is 0 Å². The first-order valence-corrected chi connectivity index (χ1v) is 8.56. The fourth-order valence-electron chi connectivity index (χ4n) is 3.84. The Bertz CT molecular complexity index is 215. The molecule has 2 aliphatic rings. The van der Waals surface area contributed by atoms with E-state index in [0.717, 1.165) is 24.2 Å². The molecule has 1 N–H and O–H groups in total. The van der Waals surface area contributed by atoms with Crippen molar-refractivity contribution >= 4 is 11.8 Å². The minimum absolute atomic E-state index is 0.0201. The molecule has 17 heavy (non-hydrogen) atoms. The lowest BCUT2D eigenvalue weighted by molar-refractivity contribution is 0.0369. The lowest BCUT2D eigenvalue weighted by Crippen LogP contribution is -2.31. The largest absolute Gasteiger partial charge is 0.393 e. The third kappa shape index (κ3) is 4.17. The molecule has 2 rings (SSSR count). The van der Waals surface area contributed by atoms with Crippen molar-refractivity contribution in [1.29, 1.82) is 0 Å². The van der Waals surface area contributed by atoms with Gasteiger partial charge in [-0.25, -0.2) is 0 Å². The smallest absolute Gasteiger partial charge is 0.0571 e. The maximum atomic E-state index is 10.5. The van der Waals surface area contributed by atoms with Crippen molar-refractivity contribution < 1.29 is 5.11 Å². The van der Waals surface area contributed by atoms with Crippen LogP contribution in [0, 0.1) is 23.7 Å². The van der Waals surface area contributed by atoms with Crippen molar-refractivity contribution in [2.45, 2.75) is 58.5 Å². The Morgan fingerprint density at radius 3 is 2.24 bits per heavy atom. The van der Waals surface area contributed by atoms with Crippen LogP contribution in [0.25, 0.3) is 0 Å². The van der Waals surface area contributed by atoms with Gasteiger partial charge in [0.1, 0.15) is 0 Å². The normalized spacial score (nSPS) is 37.9. The van der Waals surface area contributed by atoms with Crippen molar-refractivity contribution in [1.82, 2.24) is 0 Å². The van der Waals surface area contributed by atoms with Crippen molar-refractivity contribution in [3.63, 3.8) is 0 Å². The van der Waals surface area contributed by atoms with Gasteiger partial charge in [0.2, 0.25) is 0 Å². The molecule has 1 nitrogen and oxygen atoms in total. The number of aliphatic hydroxyl groups excluding tert-OH is 1. The molecule has 0 spiro atoms. The van der Waals surface area contributed by atoms with E-state index in [0.29, 0.717) is 5.92 Å². The molecule has 0 bridgehead atoms. The van der Waals surface area contributed by atoms with E-state index in [9.17, 15) is 5.11 Å². The summed E-state index contributed by atoms with van der Waals surface area (Å²) >= 11 is 2.08. The Morgan fingerprint density at radius 2 is 1.65 bits per heavy atom. The zero-order chi connectivity index (χ0) is 12.3. The van der Waals surface area contributed by atoms with Crippen molar-refractivity contribution in [2.75, 3.05) is 11.5 Å². The minimum Gasteiger partial charge on any atom is -0.393 e. The zero-order valence-electron chi connectivity index (χ0n) is 11.4. The third-order valence-corrected chi connectivity index (χ3v) is 5.72. The number of hydrogen-bond donors (Lipinski definition) is 1. The first kappa shape index (κ1) is 13.7. The number of hydrogen-bond acceptors (Lipinski definition) is 2. The highest BCUT2D eigenvalue weighted by atomic mass is 32.2. The molecular formula is C15H28OS. The van der Waals surface area contributed by atoms with Gasteiger partial charge in [-0.05, 0) is 73.7 Å². The van der Waals surface area contributed by atoms with E-state index in [4.69, 9.17) is 0 Å². The Morgan fingerprint density at radius 1 is 1.06 bits per heavy atom. The van der Waals surface area contributed by atoms with Crippen LogP contribution in [-0.2, 0) is 0 Å². The van der Waals surface area contributed by atoms with Crippen LogP contribution in [0.4, 0.5) is 0 Å². The quantitative estimate of drug-likeness (QED) is 0.825. The molecule has 0 radical (unpaired) electrons. The van der Waals surface area contributed by atoms with Crippen LogP contribution in [0.15, 0.2) is 0 Å². The molecule has 3 atom stereocenters. The van der Waals surface area contributed by atoms with Crippen LogP contribution in [0.3, 0.4) is 0 Å². The van der Waals surface area contributed by atoms with Gasteiger partial charge in [-0.2, -0.15) is 11.8 Å². The minimum atomic E-state index is -0.0201. The molecule has 1 saturated heterocycles. The summed E-state index contributed by atoms with van der Waals surface area (Å²) in [5.74, 6) is 5.66. The molecule has 1 heterocycles. The molecule has 1 aliphatic carbocycles. The van der Waals surface area contributed by atoms with Crippen molar-refractivity contribution in [3.05, 3.63) is 0 Å². The lowest BCUT2D eigenvalue weighted by Gasteiger charge is -2.36. The molecular weight excluding hydrogens is 228 g/mol. The summed E-state index contributed by atoms with van der Waals surface area (Å²) in [6, 6.07) is 0. The fourth-order valence-corrected chi connectivity index (χ4v) is 5.04. The molecule has 0 aromatic heterocycles. The van der Waals surface area contributed by atoms with E-state index >= 15 is 0 Å². The van der Waals surface area contributed by atoms with E-state index in [1.54, 1.807) is 0 Å². The van der Waals surface area contributed by atoms with Gasteiger partial charge < -0.3 is 5.11 Å². The van der Waals surface area contributed by atoms with E-state index < -0.39 is 0 Å². The topological polar surface area (TPSA) is 20.2 Å². The Kier molecular flexibility index (Phi) is 5.23. The van der Waals surface area contributed by atoms with Crippen LogP contribution in [0.5, 0.6) is 0 Å². The summed E-state index contributed by atoms with van der Waals surface area (Å²) in [4.78, 5) is 0. The summed E-state index contributed by atoms with van der Waals surface area (Å²) in [7, 11) is 0. The van der Waals surface area contributed by atoms with Gasteiger partial charge in [0.05, 0.1) is 6.10 Å². The summed E-state index contributed by atoms with van der Waals surface area (Å²) < 4.78 is 0. The average Bonchev–Trinajstić information content (AvgIpc) is 2.29. The predicted molar refractivity (Wildman–Crippen MR) is 76.3 cm³/mol. The van der Waals surface area contributed by atoms with Crippen LogP contribution < -0.4 is 0 Å².